The maximum absolute atomic E-state index is 12.7. The molecule has 1 N–H and O–H groups in total. The molecule has 2 aromatic rings. The van der Waals surface area contributed by atoms with Crippen molar-refractivity contribution in [3.63, 3.8) is 0 Å². The normalized spacial score (nSPS) is 19.4. The fraction of sp³-hybridized carbons (Fsp3) is 0.579. The molecular weight excluding hydrogens is 424 g/mol. The number of piperidine rings is 1. The first-order chi connectivity index (χ1) is 15.0. The van der Waals surface area contributed by atoms with Crippen LogP contribution in [-0.4, -0.2) is 84.0 Å². The Morgan fingerprint density at radius 1 is 1.10 bits per heavy atom. The lowest BCUT2D eigenvalue weighted by Gasteiger charge is -2.35. The molecule has 0 saturated carbocycles. The minimum Gasteiger partial charge on any atom is -0.379 e. The lowest BCUT2D eigenvalue weighted by Crippen LogP contribution is -2.51. The van der Waals surface area contributed by atoms with Crippen LogP contribution in [0.25, 0.3) is 11.5 Å². The fourth-order valence-corrected chi connectivity index (χ4v) is 5.31. The summed E-state index contributed by atoms with van der Waals surface area (Å²) >= 11 is 0. The highest BCUT2D eigenvalue weighted by atomic mass is 32.2. The van der Waals surface area contributed by atoms with E-state index in [0.717, 1.165) is 5.56 Å². The van der Waals surface area contributed by atoms with Crippen LogP contribution in [0.5, 0.6) is 0 Å². The van der Waals surface area contributed by atoms with E-state index in [9.17, 15) is 13.2 Å². The Hall–Kier alpha value is -2.41. The summed E-state index contributed by atoms with van der Waals surface area (Å²) in [6, 6.07) is 3.56. The number of rotatable bonds is 7. The fourth-order valence-electron chi connectivity index (χ4n) is 3.70. The van der Waals surface area contributed by atoms with Crippen molar-refractivity contribution in [1.82, 2.24) is 29.1 Å². The van der Waals surface area contributed by atoms with Gasteiger partial charge in [-0.3, -0.25) is 9.78 Å². The molecule has 0 aliphatic carbocycles. The second-order valence-electron chi connectivity index (χ2n) is 7.49. The zero-order chi connectivity index (χ0) is 21.7. The van der Waals surface area contributed by atoms with E-state index in [4.69, 9.17) is 9.26 Å². The molecule has 1 amide bonds. The molecule has 4 rings (SSSR count). The predicted molar refractivity (Wildman–Crippen MR) is 110 cm³/mol. The first-order valence-corrected chi connectivity index (χ1v) is 11.8. The summed E-state index contributed by atoms with van der Waals surface area (Å²) in [6.45, 7) is 2.67. The number of carbonyl (C=O) groups excluding carboxylic acids is 1. The van der Waals surface area contributed by atoms with E-state index in [1.807, 2.05) is 0 Å². The average molecular weight is 451 g/mol. The molecule has 4 heterocycles. The molecule has 0 unspecified atom stereocenters. The Morgan fingerprint density at radius 3 is 2.48 bits per heavy atom. The van der Waals surface area contributed by atoms with Gasteiger partial charge in [0.15, 0.2) is 5.82 Å². The molecule has 0 spiro atoms. The third kappa shape index (κ3) is 5.26. The van der Waals surface area contributed by atoms with Crippen molar-refractivity contribution in [3.8, 4) is 11.5 Å². The summed E-state index contributed by atoms with van der Waals surface area (Å²) in [5.74, 6) is 0.658. The number of carbonyl (C=O) groups is 1. The summed E-state index contributed by atoms with van der Waals surface area (Å²) in [5.41, 5.74) is 0.788. The Labute approximate surface area is 181 Å². The van der Waals surface area contributed by atoms with Gasteiger partial charge in [-0.15, -0.1) is 0 Å². The van der Waals surface area contributed by atoms with Gasteiger partial charge in [0, 0.05) is 63.0 Å². The smallest absolute Gasteiger partial charge is 0.282 e. The zero-order valence-corrected chi connectivity index (χ0v) is 18.0. The van der Waals surface area contributed by atoms with Crippen molar-refractivity contribution in [3.05, 3.63) is 30.4 Å². The first-order valence-electron chi connectivity index (χ1n) is 10.4. The van der Waals surface area contributed by atoms with Gasteiger partial charge in [0.1, 0.15) is 0 Å². The molecule has 0 bridgehead atoms. The summed E-state index contributed by atoms with van der Waals surface area (Å²) < 4.78 is 38.8. The van der Waals surface area contributed by atoms with Crippen molar-refractivity contribution in [2.24, 2.45) is 5.92 Å². The highest BCUT2D eigenvalue weighted by molar-refractivity contribution is 7.86. The van der Waals surface area contributed by atoms with E-state index in [2.05, 4.69) is 20.4 Å². The number of aromatic nitrogens is 3. The number of pyridine rings is 1. The molecule has 0 aromatic carbocycles. The molecule has 2 aromatic heterocycles. The molecule has 11 nitrogen and oxygen atoms in total. The maximum Gasteiger partial charge on any atom is 0.282 e. The van der Waals surface area contributed by atoms with Gasteiger partial charge in [0.25, 0.3) is 16.1 Å². The van der Waals surface area contributed by atoms with Crippen LogP contribution >= 0.6 is 0 Å². The highest BCUT2D eigenvalue weighted by Gasteiger charge is 2.35. The predicted octanol–water partition coefficient (Wildman–Crippen LogP) is 0.0793. The number of ether oxygens (including phenoxy) is 1. The van der Waals surface area contributed by atoms with E-state index >= 15 is 0 Å². The van der Waals surface area contributed by atoms with Gasteiger partial charge in [0.2, 0.25) is 5.91 Å². The zero-order valence-electron chi connectivity index (χ0n) is 17.1. The number of nitrogens with one attached hydrogen (secondary N) is 1. The average Bonchev–Trinajstić information content (AvgIpc) is 3.29. The van der Waals surface area contributed by atoms with Crippen LogP contribution in [0.3, 0.4) is 0 Å². The SMILES string of the molecule is O=C(NCCc1noc(-c2ccncc2)n1)C1CCN(S(=O)(=O)N2CCOCC2)CC1. The van der Waals surface area contributed by atoms with Crippen molar-refractivity contribution in [2.75, 3.05) is 45.9 Å². The number of morpholine rings is 1. The Balaban J connectivity index is 1.21. The topological polar surface area (TPSA) is 131 Å². The van der Waals surface area contributed by atoms with E-state index in [1.54, 1.807) is 24.5 Å². The van der Waals surface area contributed by atoms with Crippen molar-refractivity contribution >= 4 is 16.1 Å². The quantitative estimate of drug-likeness (QED) is 0.628. The van der Waals surface area contributed by atoms with E-state index in [-0.39, 0.29) is 11.8 Å². The lowest BCUT2D eigenvalue weighted by atomic mass is 9.97. The molecule has 0 atom stereocenters. The van der Waals surface area contributed by atoms with Gasteiger partial charge in [0.05, 0.1) is 13.2 Å². The van der Waals surface area contributed by atoms with Gasteiger partial charge in [-0.2, -0.15) is 22.0 Å². The van der Waals surface area contributed by atoms with Crippen LogP contribution in [0, 0.1) is 5.92 Å². The molecule has 168 valence electrons. The van der Waals surface area contributed by atoms with Crippen molar-refractivity contribution < 1.29 is 22.5 Å². The van der Waals surface area contributed by atoms with E-state index in [0.29, 0.717) is 76.9 Å². The summed E-state index contributed by atoms with van der Waals surface area (Å²) in [4.78, 5) is 20.8. The first kappa shape index (κ1) is 21.8. The second-order valence-corrected chi connectivity index (χ2v) is 9.41. The molecule has 2 aliphatic rings. The summed E-state index contributed by atoms with van der Waals surface area (Å²) in [5, 5.41) is 6.84. The number of hydrogen-bond donors (Lipinski definition) is 1. The number of nitrogens with zero attached hydrogens (tertiary/aromatic N) is 5. The van der Waals surface area contributed by atoms with Crippen LogP contribution < -0.4 is 5.32 Å². The van der Waals surface area contributed by atoms with Crippen LogP contribution in [0.4, 0.5) is 0 Å². The third-order valence-corrected chi connectivity index (χ3v) is 7.53. The van der Waals surface area contributed by atoms with Crippen LogP contribution in [0.1, 0.15) is 18.7 Å². The van der Waals surface area contributed by atoms with Crippen LogP contribution in [0.15, 0.2) is 29.0 Å². The molecule has 2 fully saturated rings. The molecule has 2 aliphatic heterocycles. The molecule has 31 heavy (non-hydrogen) atoms. The molecule has 12 heteroatoms. The Morgan fingerprint density at radius 2 is 1.77 bits per heavy atom. The number of amides is 1. The standard InChI is InChI=1S/C19H26N6O5S/c26-18(21-8-3-17-22-19(30-23-17)16-1-6-20-7-2-16)15-4-9-24(10-5-15)31(27,28)25-11-13-29-14-12-25/h1-2,6-7,15H,3-5,8-14H2,(H,21,26). The Kier molecular flexibility index (Phi) is 6.90. The summed E-state index contributed by atoms with van der Waals surface area (Å²) in [6.07, 6.45) is 4.76. The highest BCUT2D eigenvalue weighted by Crippen LogP contribution is 2.22. The monoisotopic (exact) mass is 450 g/mol. The van der Waals surface area contributed by atoms with Crippen molar-refractivity contribution in [2.45, 2.75) is 19.3 Å². The second kappa shape index (κ2) is 9.81. The summed E-state index contributed by atoms with van der Waals surface area (Å²) in [7, 11) is -3.48. The lowest BCUT2D eigenvalue weighted by molar-refractivity contribution is -0.126. The largest absolute Gasteiger partial charge is 0.379 e. The Bertz CT molecular complexity index is 969. The number of hydrogen-bond acceptors (Lipinski definition) is 8. The van der Waals surface area contributed by atoms with E-state index in [1.165, 1.54) is 8.61 Å². The minimum absolute atomic E-state index is 0.0683. The minimum atomic E-state index is -3.48. The van der Waals surface area contributed by atoms with Crippen LogP contribution in [-0.2, 0) is 26.2 Å². The van der Waals surface area contributed by atoms with Gasteiger partial charge >= 0.3 is 0 Å². The maximum atomic E-state index is 12.7. The van der Waals surface area contributed by atoms with E-state index < -0.39 is 10.2 Å². The van der Waals surface area contributed by atoms with Crippen molar-refractivity contribution in [1.29, 1.82) is 0 Å². The van der Waals surface area contributed by atoms with Gasteiger partial charge in [-0.05, 0) is 25.0 Å². The van der Waals surface area contributed by atoms with Crippen LogP contribution in [0.2, 0.25) is 0 Å². The third-order valence-electron chi connectivity index (χ3n) is 5.49. The van der Waals surface area contributed by atoms with Gasteiger partial charge in [-0.25, -0.2) is 0 Å². The molecule has 2 saturated heterocycles. The molecule has 0 radical (unpaired) electrons. The van der Waals surface area contributed by atoms with Gasteiger partial charge < -0.3 is 14.6 Å². The van der Waals surface area contributed by atoms with Gasteiger partial charge in [-0.1, -0.05) is 5.16 Å². The molecular formula is C19H26N6O5S.